The van der Waals surface area contributed by atoms with Crippen LogP contribution < -0.4 is 0 Å². The van der Waals surface area contributed by atoms with Gasteiger partial charge in [-0.15, -0.1) is 0 Å². The monoisotopic (exact) mass is 316 g/mol. The van der Waals surface area contributed by atoms with Crippen LogP contribution in [0, 0.1) is 6.92 Å². The van der Waals surface area contributed by atoms with Gasteiger partial charge in [0.15, 0.2) is 0 Å². The van der Waals surface area contributed by atoms with Crippen LogP contribution in [0.1, 0.15) is 18.3 Å². The standard InChI is InChI=1S/C15H13ClN4S/c1-3-12-19-13(16)9(2)14(20-12)21-15-10-6-4-5-7-11(10)17-8-18-15/h4-8H,3H2,1-2H3. The Labute approximate surface area is 132 Å². The van der Waals surface area contributed by atoms with Crippen LogP contribution >= 0.6 is 23.4 Å². The molecule has 0 unspecified atom stereocenters. The van der Waals surface area contributed by atoms with Gasteiger partial charge in [-0.2, -0.15) is 0 Å². The third kappa shape index (κ3) is 2.84. The molecule has 106 valence electrons. The molecule has 0 radical (unpaired) electrons. The topological polar surface area (TPSA) is 51.6 Å². The SMILES string of the molecule is CCc1nc(Cl)c(C)c(Sc2ncnc3ccccc23)n1. The molecule has 3 rings (SSSR count). The van der Waals surface area contributed by atoms with Crippen molar-refractivity contribution in [3.8, 4) is 0 Å². The number of hydrogen-bond donors (Lipinski definition) is 0. The van der Waals surface area contributed by atoms with E-state index in [1.807, 2.05) is 38.1 Å². The van der Waals surface area contributed by atoms with Crippen molar-refractivity contribution in [3.05, 3.63) is 47.1 Å². The van der Waals surface area contributed by atoms with Gasteiger partial charge >= 0.3 is 0 Å². The summed E-state index contributed by atoms with van der Waals surface area (Å²) in [7, 11) is 0. The molecule has 0 aliphatic heterocycles. The second-order valence-electron chi connectivity index (χ2n) is 4.51. The summed E-state index contributed by atoms with van der Waals surface area (Å²) >= 11 is 7.69. The number of fused-ring (bicyclic) bond motifs is 1. The van der Waals surface area contributed by atoms with E-state index in [2.05, 4.69) is 19.9 Å². The van der Waals surface area contributed by atoms with Gasteiger partial charge in [-0.05, 0) is 24.8 Å². The predicted octanol–water partition coefficient (Wildman–Crippen LogP) is 4.10. The van der Waals surface area contributed by atoms with Crippen LogP contribution in [0.5, 0.6) is 0 Å². The number of halogens is 1. The summed E-state index contributed by atoms with van der Waals surface area (Å²) in [6, 6.07) is 7.92. The van der Waals surface area contributed by atoms with Crippen molar-refractivity contribution < 1.29 is 0 Å². The fourth-order valence-electron chi connectivity index (χ4n) is 1.92. The molecule has 6 heteroatoms. The Hall–Kier alpha value is -1.72. The van der Waals surface area contributed by atoms with Crippen LogP contribution in [0.4, 0.5) is 0 Å². The highest BCUT2D eigenvalue weighted by Gasteiger charge is 2.12. The van der Waals surface area contributed by atoms with E-state index < -0.39 is 0 Å². The molecule has 0 N–H and O–H groups in total. The number of para-hydroxylation sites is 1. The number of rotatable bonds is 3. The summed E-state index contributed by atoms with van der Waals surface area (Å²) in [6.07, 6.45) is 2.32. The molecule has 21 heavy (non-hydrogen) atoms. The summed E-state index contributed by atoms with van der Waals surface area (Å²) in [6.45, 7) is 3.93. The molecule has 0 spiro atoms. The second-order valence-corrected chi connectivity index (χ2v) is 5.85. The number of nitrogens with zero attached hydrogens (tertiary/aromatic N) is 4. The number of benzene rings is 1. The van der Waals surface area contributed by atoms with Crippen LogP contribution in [-0.2, 0) is 6.42 Å². The average molecular weight is 317 g/mol. The maximum Gasteiger partial charge on any atom is 0.136 e. The molecule has 0 saturated heterocycles. The van der Waals surface area contributed by atoms with Crippen molar-refractivity contribution in [1.82, 2.24) is 19.9 Å². The minimum absolute atomic E-state index is 0.503. The molecule has 0 saturated carbocycles. The van der Waals surface area contributed by atoms with Crippen molar-refractivity contribution in [2.45, 2.75) is 30.3 Å². The van der Waals surface area contributed by atoms with E-state index in [1.165, 1.54) is 11.8 Å². The molecule has 0 fully saturated rings. The Morgan fingerprint density at radius 3 is 2.71 bits per heavy atom. The summed E-state index contributed by atoms with van der Waals surface area (Å²) in [4.78, 5) is 17.5. The second kappa shape index (κ2) is 5.95. The van der Waals surface area contributed by atoms with E-state index in [0.29, 0.717) is 5.15 Å². The van der Waals surface area contributed by atoms with E-state index in [1.54, 1.807) is 6.33 Å². The summed E-state index contributed by atoms with van der Waals surface area (Å²) in [5.74, 6) is 0.742. The molecule has 1 aromatic carbocycles. The van der Waals surface area contributed by atoms with Gasteiger partial charge < -0.3 is 0 Å². The number of aryl methyl sites for hydroxylation is 1. The first-order chi connectivity index (χ1) is 10.2. The largest absolute Gasteiger partial charge is 0.236 e. The van der Waals surface area contributed by atoms with E-state index in [4.69, 9.17) is 11.6 Å². The van der Waals surface area contributed by atoms with Crippen LogP contribution in [0.15, 0.2) is 40.6 Å². The van der Waals surface area contributed by atoms with Crippen molar-refractivity contribution in [1.29, 1.82) is 0 Å². The molecule has 0 amide bonds. The van der Waals surface area contributed by atoms with Crippen molar-refractivity contribution >= 4 is 34.3 Å². The number of hydrogen-bond acceptors (Lipinski definition) is 5. The van der Waals surface area contributed by atoms with Crippen LogP contribution in [0.25, 0.3) is 10.9 Å². The average Bonchev–Trinajstić information content (AvgIpc) is 2.52. The van der Waals surface area contributed by atoms with Crippen LogP contribution in [0.3, 0.4) is 0 Å². The highest BCUT2D eigenvalue weighted by molar-refractivity contribution is 7.99. The van der Waals surface area contributed by atoms with E-state index in [9.17, 15) is 0 Å². The molecule has 2 heterocycles. The smallest absolute Gasteiger partial charge is 0.136 e. The first-order valence-electron chi connectivity index (χ1n) is 6.59. The van der Waals surface area contributed by atoms with E-state index >= 15 is 0 Å². The molecule has 0 aliphatic carbocycles. The van der Waals surface area contributed by atoms with Gasteiger partial charge in [-0.1, -0.05) is 36.7 Å². The van der Waals surface area contributed by atoms with Crippen LogP contribution in [-0.4, -0.2) is 19.9 Å². The van der Waals surface area contributed by atoms with Gasteiger partial charge in [-0.25, -0.2) is 19.9 Å². The Bertz CT molecular complexity index is 802. The Balaban J connectivity index is 2.09. The fraction of sp³-hybridized carbons (Fsp3) is 0.200. The van der Waals surface area contributed by atoms with Gasteiger partial charge in [0.25, 0.3) is 0 Å². The predicted molar refractivity (Wildman–Crippen MR) is 84.8 cm³/mol. The van der Waals surface area contributed by atoms with Crippen molar-refractivity contribution in [2.24, 2.45) is 0 Å². The van der Waals surface area contributed by atoms with Gasteiger partial charge in [0.2, 0.25) is 0 Å². The van der Waals surface area contributed by atoms with Gasteiger partial charge in [-0.3, -0.25) is 0 Å². The molecular formula is C15H13ClN4S. The molecule has 3 aromatic rings. The lowest BCUT2D eigenvalue weighted by atomic mass is 10.2. The Morgan fingerprint density at radius 2 is 1.90 bits per heavy atom. The fourth-order valence-corrected chi connectivity index (χ4v) is 3.13. The van der Waals surface area contributed by atoms with Crippen molar-refractivity contribution in [3.63, 3.8) is 0 Å². The van der Waals surface area contributed by atoms with Gasteiger partial charge in [0, 0.05) is 17.4 Å². The lowest BCUT2D eigenvalue weighted by Gasteiger charge is -2.08. The summed E-state index contributed by atoms with van der Waals surface area (Å²) in [5, 5.41) is 3.23. The lowest BCUT2D eigenvalue weighted by Crippen LogP contribution is -1.99. The summed E-state index contributed by atoms with van der Waals surface area (Å²) < 4.78 is 0. The van der Waals surface area contributed by atoms with E-state index in [0.717, 1.165) is 38.8 Å². The molecule has 0 bridgehead atoms. The minimum Gasteiger partial charge on any atom is -0.236 e. The first-order valence-corrected chi connectivity index (χ1v) is 7.79. The maximum atomic E-state index is 6.19. The first kappa shape index (κ1) is 14.2. The molecule has 4 nitrogen and oxygen atoms in total. The third-order valence-electron chi connectivity index (χ3n) is 3.10. The molecule has 2 aromatic heterocycles. The quantitative estimate of drug-likeness (QED) is 0.681. The van der Waals surface area contributed by atoms with Crippen LogP contribution in [0.2, 0.25) is 5.15 Å². The third-order valence-corrected chi connectivity index (χ3v) is 4.58. The zero-order valence-corrected chi connectivity index (χ0v) is 13.2. The van der Waals surface area contributed by atoms with Gasteiger partial charge in [0.1, 0.15) is 27.4 Å². The highest BCUT2D eigenvalue weighted by atomic mass is 35.5. The maximum absolute atomic E-state index is 6.19. The zero-order chi connectivity index (χ0) is 14.8. The molecule has 0 atom stereocenters. The van der Waals surface area contributed by atoms with Crippen molar-refractivity contribution in [2.75, 3.05) is 0 Å². The summed E-state index contributed by atoms with van der Waals surface area (Å²) in [5.41, 5.74) is 1.80. The van der Waals surface area contributed by atoms with E-state index in [-0.39, 0.29) is 0 Å². The normalized spacial score (nSPS) is 11.0. The zero-order valence-electron chi connectivity index (χ0n) is 11.7. The molecular weight excluding hydrogens is 304 g/mol. The number of aromatic nitrogens is 4. The highest BCUT2D eigenvalue weighted by Crippen LogP contribution is 2.33. The van der Waals surface area contributed by atoms with Gasteiger partial charge in [0.05, 0.1) is 5.52 Å². The molecule has 0 aliphatic rings. The Morgan fingerprint density at radius 1 is 1.10 bits per heavy atom. The minimum atomic E-state index is 0.503. The lowest BCUT2D eigenvalue weighted by molar-refractivity contribution is 0.870. The Kier molecular flexibility index (Phi) is 4.03.